The van der Waals surface area contributed by atoms with E-state index in [2.05, 4.69) is 22.7 Å². The Labute approximate surface area is 91.7 Å². The van der Waals surface area contributed by atoms with Crippen molar-refractivity contribution in [2.45, 2.75) is 45.1 Å². The molecule has 1 fully saturated rings. The molecule has 1 aromatic heterocycles. The van der Waals surface area contributed by atoms with Crippen LogP contribution in [0.2, 0.25) is 0 Å². The maximum atomic E-state index is 5.63. The summed E-state index contributed by atoms with van der Waals surface area (Å²) in [7, 11) is 0. The Morgan fingerprint density at radius 3 is 3.07 bits per heavy atom. The van der Waals surface area contributed by atoms with Crippen molar-refractivity contribution in [2.75, 3.05) is 6.54 Å². The molecule has 2 atom stereocenters. The third kappa shape index (κ3) is 2.40. The lowest BCUT2D eigenvalue weighted by Crippen LogP contribution is -2.21. The zero-order valence-electron chi connectivity index (χ0n) is 9.52. The second-order valence-electron chi connectivity index (χ2n) is 4.65. The van der Waals surface area contributed by atoms with Crippen LogP contribution in [0.1, 0.15) is 44.0 Å². The summed E-state index contributed by atoms with van der Waals surface area (Å²) in [4.78, 5) is 4.30. The van der Waals surface area contributed by atoms with Gasteiger partial charge in [0.2, 0.25) is 0 Å². The van der Waals surface area contributed by atoms with Crippen molar-refractivity contribution >= 4 is 0 Å². The Morgan fingerprint density at radius 2 is 2.40 bits per heavy atom. The smallest absolute Gasteiger partial charge is 0.105 e. The Balaban J connectivity index is 2.01. The molecule has 1 aliphatic carbocycles. The fourth-order valence-corrected chi connectivity index (χ4v) is 2.79. The minimum absolute atomic E-state index is 0.665. The molecule has 1 saturated carbocycles. The summed E-state index contributed by atoms with van der Waals surface area (Å²) in [6.45, 7) is 2.92. The molecule has 1 heterocycles. The summed E-state index contributed by atoms with van der Waals surface area (Å²) >= 11 is 0. The molecule has 15 heavy (non-hydrogen) atoms. The van der Waals surface area contributed by atoms with Crippen LogP contribution in [-0.2, 0) is 0 Å². The molecule has 3 heteroatoms. The monoisotopic (exact) mass is 207 g/mol. The summed E-state index contributed by atoms with van der Waals surface area (Å²) < 4.78 is 2.34. The molecule has 0 amide bonds. The Kier molecular flexibility index (Phi) is 3.41. The lowest BCUT2D eigenvalue weighted by molar-refractivity contribution is 0.255. The quantitative estimate of drug-likeness (QED) is 0.826. The fraction of sp³-hybridized carbons (Fsp3) is 0.750. The number of hydrogen-bond donors (Lipinski definition) is 1. The molecule has 0 saturated heterocycles. The molecule has 0 bridgehead atoms. The first-order chi connectivity index (χ1) is 7.31. The minimum atomic E-state index is 0.665. The van der Waals surface area contributed by atoms with Crippen LogP contribution in [0.4, 0.5) is 0 Å². The van der Waals surface area contributed by atoms with Crippen molar-refractivity contribution in [3.05, 3.63) is 18.2 Å². The van der Waals surface area contributed by atoms with Gasteiger partial charge in [0.05, 0.1) is 0 Å². The van der Waals surface area contributed by atoms with Gasteiger partial charge in [-0.25, -0.2) is 4.98 Å². The zero-order chi connectivity index (χ0) is 10.7. The lowest BCUT2D eigenvalue weighted by atomic mass is 9.83. The van der Waals surface area contributed by atoms with E-state index in [9.17, 15) is 0 Å². The maximum absolute atomic E-state index is 5.63. The van der Waals surface area contributed by atoms with Crippen LogP contribution in [0, 0.1) is 12.8 Å². The van der Waals surface area contributed by atoms with Gasteiger partial charge in [-0.15, -0.1) is 0 Å². The van der Waals surface area contributed by atoms with Crippen LogP contribution in [0.3, 0.4) is 0 Å². The zero-order valence-corrected chi connectivity index (χ0v) is 9.52. The summed E-state index contributed by atoms with van der Waals surface area (Å²) in [5.41, 5.74) is 5.63. The Bertz CT molecular complexity index is 304. The molecule has 2 N–H and O–H groups in total. The average Bonchev–Trinajstić information content (AvgIpc) is 2.65. The van der Waals surface area contributed by atoms with E-state index in [-0.39, 0.29) is 0 Å². The standard InChI is InChI=1S/C12H21N3/c1-10-14-7-8-15(10)12-4-2-3-11(9-12)5-6-13/h7-8,11-12H,2-6,9,13H2,1H3. The van der Waals surface area contributed by atoms with Gasteiger partial charge in [-0.1, -0.05) is 12.8 Å². The van der Waals surface area contributed by atoms with E-state index in [1.54, 1.807) is 0 Å². The third-order valence-electron chi connectivity index (χ3n) is 3.59. The van der Waals surface area contributed by atoms with Gasteiger partial charge in [-0.2, -0.15) is 0 Å². The lowest BCUT2D eigenvalue weighted by Gasteiger charge is -2.30. The van der Waals surface area contributed by atoms with Crippen LogP contribution >= 0.6 is 0 Å². The largest absolute Gasteiger partial charge is 0.332 e. The predicted molar refractivity (Wildman–Crippen MR) is 61.6 cm³/mol. The van der Waals surface area contributed by atoms with Crippen LogP contribution in [0.15, 0.2) is 12.4 Å². The van der Waals surface area contributed by atoms with Crippen LogP contribution in [0.25, 0.3) is 0 Å². The number of nitrogens with two attached hydrogens (primary N) is 1. The SMILES string of the molecule is Cc1nccn1C1CCCC(CCN)C1. The van der Waals surface area contributed by atoms with Crippen molar-refractivity contribution in [2.24, 2.45) is 11.7 Å². The summed E-state index contributed by atoms with van der Waals surface area (Å²) in [5, 5.41) is 0. The van der Waals surface area contributed by atoms with Crippen molar-refractivity contribution in [1.82, 2.24) is 9.55 Å². The van der Waals surface area contributed by atoms with Crippen LogP contribution < -0.4 is 5.73 Å². The first-order valence-corrected chi connectivity index (χ1v) is 6.00. The normalized spacial score (nSPS) is 26.8. The molecule has 1 aromatic rings. The summed E-state index contributed by atoms with van der Waals surface area (Å²) in [5.74, 6) is 1.98. The molecule has 0 spiro atoms. The highest BCUT2D eigenvalue weighted by Crippen LogP contribution is 2.34. The molecule has 0 radical (unpaired) electrons. The van der Waals surface area contributed by atoms with Crippen molar-refractivity contribution in [1.29, 1.82) is 0 Å². The molecular weight excluding hydrogens is 186 g/mol. The highest BCUT2D eigenvalue weighted by atomic mass is 15.1. The number of aromatic nitrogens is 2. The van der Waals surface area contributed by atoms with Gasteiger partial charge < -0.3 is 10.3 Å². The average molecular weight is 207 g/mol. The van der Waals surface area contributed by atoms with Crippen molar-refractivity contribution in [3.8, 4) is 0 Å². The van der Waals surface area contributed by atoms with E-state index in [1.807, 2.05) is 6.20 Å². The second kappa shape index (κ2) is 4.79. The summed E-state index contributed by atoms with van der Waals surface area (Å²) in [6, 6.07) is 0.665. The third-order valence-corrected chi connectivity index (χ3v) is 3.59. The van der Waals surface area contributed by atoms with Crippen molar-refractivity contribution in [3.63, 3.8) is 0 Å². The molecule has 2 rings (SSSR count). The summed E-state index contributed by atoms with van der Waals surface area (Å²) in [6.07, 6.45) is 10.5. The number of hydrogen-bond acceptors (Lipinski definition) is 2. The molecule has 3 nitrogen and oxygen atoms in total. The van der Waals surface area contributed by atoms with Gasteiger partial charge in [0.25, 0.3) is 0 Å². The van der Waals surface area contributed by atoms with Gasteiger partial charge >= 0.3 is 0 Å². The molecule has 1 aliphatic rings. The number of aryl methyl sites for hydroxylation is 1. The van der Waals surface area contributed by atoms with Gasteiger partial charge in [0.15, 0.2) is 0 Å². The predicted octanol–water partition coefficient (Wildman–Crippen LogP) is 2.27. The number of imidazole rings is 1. The highest BCUT2D eigenvalue weighted by molar-refractivity contribution is 4.93. The van der Waals surface area contributed by atoms with E-state index in [0.29, 0.717) is 6.04 Å². The van der Waals surface area contributed by atoms with E-state index < -0.39 is 0 Å². The molecule has 0 aliphatic heterocycles. The fourth-order valence-electron chi connectivity index (χ4n) is 2.79. The molecule has 2 unspecified atom stereocenters. The van der Waals surface area contributed by atoms with E-state index >= 15 is 0 Å². The van der Waals surface area contributed by atoms with E-state index in [1.165, 1.54) is 32.1 Å². The molecule has 84 valence electrons. The van der Waals surface area contributed by atoms with Crippen LogP contribution in [-0.4, -0.2) is 16.1 Å². The van der Waals surface area contributed by atoms with Crippen molar-refractivity contribution < 1.29 is 0 Å². The topological polar surface area (TPSA) is 43.8 Å². The number of rotatable bonds is 3. The Hall–Kier alpha value is -0.830. The maximum Gasteiger partial charge on any atom is 0.105 e. The van der Waals surface area contributed by atoms with Gasteiger partial charge in [0, 0.05) is 18.4 Å². The second-order valence-corrected chi connectivity index (χ2v) is 4.65. The first kappa shape index (κ1) is 10.7. The highest BCUT2D eigenvalue weighted by Gasteiger charge is 2.23. The minimum Gasteiger partial charge on any atom is -0.332 e. The number of nitrogens with zero attached hydrogens (tertiary/aromatic N) is 2. The van der Waals surface area contributed by atoms with E-state index in [4.69, 9.17) is 5.73 Å². The van der Waals surface area contributed by atoms with Gasteiger partial charge in [-0.05, 0) is 38.6 Å². The van der Waals surface area contributed by atoms with Gasteiger partial charge in [0.1, 0.15) is 5.82 Å². The molecule has 0 aromatic carbocycles. The van der Waals surface area contributed by atoms with Gasteiger partial charge in [-0.3, -0.25) is 0 Å². The van der Waals surface area contributed by atoms with E-state index in [0.717, 1.165) is 18.3 Å². The molecular formula is C12H21N3. The van der Waals surface area contributed by atoms with Crippen LogP contribution in [0.5, 0.6) is 0 Å². The first-order valence-electron chi connectivity index (χ1n) is 6.00. The Morgan fingerprint density at radius 1 is 1.53 bits per heavy atom.